The third-order valence-corrected chi connectivity index (χ3v) is 4.65. The fourth-order valence-corrected chi connectivity index (χ4v) is 2.77. The number of benzene rings is 2. The lowest BCUT2D eigenvalue weighted by Crippen LogP contribution is -2.49. The van der Waals surface area contributed by atoms with Crippen molar-refractivity contribution >= 4 is 11.8 Å². The number of carbonyl (C=O) groups is 2. The summed E-state index contributed by atoms with van der Waals surface area (Å²) in [5.74, 6) is -0.289. The van der Waals surface area contributed by atoms with Crippen LogP contribution in [0.1, 0.15) is 37.8 Å². The van der Waals surface area contributed by atoms with Gasteiger partial charge in [0, 0.05) is 13.1 Å². The first-order valence-corrected chi connectivity index (χ1v) is 9.91. The first kappa shape index (κ1) is 22.4. The lowest BCUT2D eigenvalue weighted by molar-refractivity contribution is -0.142. The minimum atomic E-state index is -0.675. The molecule has 5 nitrogen and oxygen atoms in total. The van der Waals surface area contributed by atoms with Gasteiger partial charge in [-0.25, -0.2) is 4.39 Å². The van der Waals surface area contributed by atoms with Gasteiger partial charge in [-0.2, -0.15) is 0 Å². The van der Waals surface area contributed by atoms with Crippen molar-refractivity contribution in [3.63, 3.8) is 0 Å². The van der Waals surface area contributed by atoms with Crippen molar-refractivity contribution < 1.29 is 18.7 Å². The van der Waals surface area contributed by atoms with E-state index in [1.165, 1.54) is 17.0 Å². The van der Waals surface area contributed by atoms with Crippen molar-refractivity contribution in [2.75, 3.05) is 13.2 Å². The van der Waals surface area contributed by atoms with Gasteiger partial charge in [-0.05, 0) is 50.1 Å². The van der Waals surface area contributed by atoms with Crippen LogP contribution in [0.3, 0.4) is 0 Å². The van der Waals surface area contributed by atoms with Gasteiger partial charge in [-0.15, -0.1) is 0 Å². The summed E-state index contributed by atoms with van der Waals surface area (Å²) in [7, 11) is 0. The number of nitrogens with one attached hydrogen (secondary N) is 1. The maximum Gasteiger partial charge on any atom is 0.261 e. The molecule has 2 amide bonds. The number of halogens is 1. The Labute approximate surface area is 171 Å². The van der Waals surface area contributed by atoms with Gasteiger partial charge in [0.1, 0.15) is 17.6 Å². The van der Waals surface area contributed by atoms with E-state index in [-0.39, 0.29) is 30.8 Å². The van der Waals surface area contributed by atoms with Gasteiger partial charge in [0.15, 0.2) is 6.61 Å². The van der Waals surface area contributed by atoms with Crippen LogP contribution < -0.4 is 10.1 Å². The summed E-state index contributed by atoms with van der Waals surface area (Å²) in [6.07, 6.45) is 1.85. The van der Waals surface area contributed by atoms with Crippen molar-refractivity contribution in [3.8, 4) is 5.75 Å². The molecule has 0 spiro atoms. The largest absolute Gasteiger partial charge is 0.484 e. The minimum Gasteiger partial charge on any atom is -0.484 e. The number of ether oxygens (including phenoxy) is 1. The van der Waals surface area contributed by atoms with Crippen LogP contribution >= 0.6 is 0 Å². The Morgan fingerprint density at radius 3 is 2.38 bits per heavy atom. The molecular weight excluding hydrogens is 371 g/mol. The fourth-order valence-electron chi connectivity index (χ4n) is 2.77. The van der Waals surface area contributed by atoms with E-state index >= 15 is 0 Å². The first-order chi connectivity index (χ1) is 13.9. The van der Waals surface area contributed by atoms with E-state index in [9.17, 15) is 14.0 Å². The number of rotatable bonds is 10. The number of unbranched alkanes of at least 4 members (excludes halogenated alkanes) is 1. The Morgan fingerprint density at radius 2 is 1.76 bits per heavy atom. The average Bonchev–Trinajstić information content (AvgIpc) is 2.72. The number of hydrogen-bond donors (Lipinski definition) is 1. The molecule has 29 heavy (non-hydrogen) atoms. The van der Waals surface area contributed by atoms with Crippen molar-refractivity contribution in [3.05, 3.63) is 65.5 Å². The molecule has 0 fully saturated rings. The number of aryl methyl sites for hydroxylation is 1. The molecule has 0 heterocycles. The topological polar surface area (TPSA) is 58.6 Å². The zero-order chi connectivity index (χ0) is 21.2. The lowest BCUT2D eigenvalue weighted by Gasteiger charge is -2.28. The highest BCUT2D eigenvalue weighted by Gasteiger charge is 2.26. The SMILES string of the molecule is CCCCNC(=O)C(C)N(Cc1ccc(F)cc1)C(=O)COc1ccc(C)cc1. The highest BCUT2D eigenvalue weighted by Crippen LogP contribution is 2.14. The monoisotopic (exact) mass is 400 g/mol. The Kier molecular flexibility index (Phi) is 8.65. The van der Waals surface area contributed by atoms with Gasteiger partial charge in [0.25, 0.3) is 5.91 Å². The van der Waals surface area contributed by atoms with Crippen LogP contribution in [0.4, 0.5) is 4.39 Å². The van der Waals surface area contributed by atoms with Crippen LogP contribution in [0.15, 0.2) is 48.5 Å². The second-order valence-corrected chi connectivity index (χ2v) is 7.07. The van der Waals surface area contributed by atoms with Crippen LogP contribution in [0.25, 0.3) is 0 Å². The summed E-state index contributed by atoms with van der Waals surface area (Å²) < 4.78 is 18.8. The van der Waals surface area contributed by atoms with Crippen molar-refractivity contribution in [1.29, 1.82) is 0 Å². The summed E-state index contributed by atoms with van der Waals surface area (Å²) in [6, 6.07) is 12.6. The summed E-state index contributed by atoms with van der Waals surface area (Å²) in [6.45, 7) is 6.28. The Morgan fingerprint density at radius 1 is 1.10 bits per heavy atom. The standard InChI is InChI=1S/C23H29FN2O3/c1-4-5-14-25-23(28)18(3)26(15-19-8-10-20(24)11-9-19)22(27)16-29-21-12-6-17(2)7-13-21/h6-13,18H,4-5,14-16H2,1-3H3,(H,25,28). The quantitative estimate of drug-likeness (QED) is 0.617. The van der Waals surface area contributed by atoms with E-state index in [4.69, 9.17) is 4.74 Å². The Balaban J connectivity index is 2.08. The third kappa shape index (κ3) is 7.22. The predicted octanol–water partition coefficient (Wildman–Crippen LogP) is 3.85. The fraction of sp³-hybridized carbons (Fsp3) is 0.391. The molecule has 2 aromatic rings. The van der Waals surface area contributed by atoms with E-state index < -0.39 is 6.04 Å². The van der Waals surface area contributed by atoms with Gasteiger partial charge >= 0.3 is 0 Å². The minimum absolute atomic E-state index is 0.184. The molecule has 0 aliphatic heterocycles. The normalized spacial score (nSPS) is 11.6. The Hall–Kier alpha value is -2.89. The number of carbonyl (C=O) groups excluding carboxylic acids is 2. The molecule has 0 saturated carbocycles. The van der Waals surface area contributed by atoms with Gasteiger partial charge < -0.3 is 15.0 Å². The molecule has 2 rings (SSSR count). The van der Waals surface area contributed by atoms with Crippen molar-refractivity contribution in [2.24, 2.45) is 0 Å². The Bertz CT molecular complexity index is 791. The molecule has 1 N–H and O–H groups in total. The molecule has 1 unspecified atom stereocenters. The summed E-state index contributed by atoms with van der Waals surface area (Å²) >= 11 is 0. The average molecular weight is 400 g/mol. The first-order valence-electron chi connectivity index (χ1n) is 9.91. The lowest BCUT2D eigenvalue weighted by atomic mass is 10.1. The molecule has 0 radical (unpaired) electrons. The second kappa shape index (κ2) is 11.2. The van der Waals surface area contributed by atoms with E-state index in [1.54, 1.807) is 31.2 Å². The summed E-state index contributed by atoms with van der Waals surface area (Å²) in [5.41, 5.74) is 1.84. The highest BCUT2D eigenvalue weighted by molar-refractivity contribution is 5.87. The van der Waals surface area contributed by atoms with Crippen LogP contribution in [0, 0.1) is 12.7 Å². The zero-order valence-corrected chi connectivity index (χ0v) is 17.3. The maximum atomic E-state index is 13.2. The van der Waals surface area contributed by atoms with E-state index in [2.05, 4.69) is 5.32 Å². The van der Waals surface area contributed by atoms with Crippen LogP contribution in [0.5, 0.6) is 5.75 Å². The van der Waals surface area contributed by atoms with E-state index in [0.29, 0.717) is 12.3 Å². The van der Waals surface area contributed by atoms with Gasteiger partial charge in [0.2, 0.25) is 5.91 Å². The van der Waals surface area contributed by atoms with E-state index in [1.807, 2.05) is 26.0 Å². The molecular formula is C23H29FN2O3. The second-order valence-electron chi connectivity index (χ2n) is 7.07. The van der Waals surface area contributed by atoms with Crippen molar-refractivity contribution in [2.45, 2.75) is 46.2 Å². The van der Waals surface area contributed by atoms with Gasteiger partial charge in [-0.3, -0.25) is 9.59 Å². The number of hydrogen-bond acceptors (Lipinski definition) is 3. The summed E-state index contributed by atoms with van der Waals surface area (Å²) in [4.78, 5) is 26.9. The molecule has 1 atom stereocenters. The van der Waals surface area contributed by atoms with Crippen LogP contribution in [0.2, 0.25) is 0 Å². The maximum absolute atomic E-state index is 13.2. The molecule has 0 aliphatic carbocycles. The molecule has 0 saturated heterocycles. The van der Waals surface area contributed by atoms with Crippen LogP contribution in [-0.4, -0.2) is 35.9 Å². The number of nitrogens with zero attached hydrogens (tertiary/aromatic N) is 1. The van der Waals surface area contributed by atoms with Crippen molar-refractivity contribution in [1.82, 2.24) is 10.2 Å². The molecule has 156 valence electrons. The predicted molar refractivity (Wildman–Crippen MR) is 111 cm³/mol. The molecule has 2 aromatic carbocycles. The van der Waals surface area contributed by atoms with Crippen LogP contribution in [-0.2, 0) is 16.1 Å². The summed E-state index contributed by atoms with van der Waals surface area (Å²) in [5, 5.41) is 2.86. The molecule has 6 heteroatoms. The molecule has 0 aliphatic rings. The van der Waals surface area contributed by atoms with E-state index in [0.717, 1.165) is 24.0 Å². The third-order valence-electron chi connectivity index (χ3n) is 4.65. The smallest absolute Gasteiger partial charge is 0.261 e. The highest BCUT2D eigenvalue weighted by atomic mass is 19.1. The number of amides is 2. The van der Waals surface area contributed by atoms with Gasteiger partial charge in [0.05, 0.1) is 0 Å². The molecule has 0 bridgehead atoms. The zero-order valence-electron chi connectivity index (χ0n) is 17.3. The molecule has 0 aromatic heterocycles. The van der Waals surface area contributed by atoms with Gasteiger partial charge in [-0.1, -0.05) is 43.2 Å².